The van der Waals surface area contributed by atoms with Gasteiger partial charge in [0, 0.05) is 0 Å². The number of rotatable bonds is 6. The van der Waals surface area contributed by atoms with Crippen molar-refractivity contribution in [1.29, 1.82) is 0 Å². The fourth-order valence-electron chi connectivity index (χ4n) is 3.81. The first kappa shape index (κ1) is 18.0. The summed E-state index contributed by atoms with van der Waals surface area (Å²) >= 11 is 0. The zero-order chi connectivity index (χ0) is 17.8. The smallest absolute Gasteiger partial charge is 0.258 e. The highest BCUT2D eigenvalue weighted by molar-refractivity contribution is 6.98. The SMILES string of the molecule is CC(C)(CCC1CCC=CO1)[Si](O)(c1ccccc1)c1ccccc1. The van der Waals surface area contributed by atoms with Gasteiger partial charge >= 0.3 is 0 Å². The van der Waals surface area contributed by atoms with E-state index in [4.69, 9.17) is 4.74 Å². The van der Waals surface area contributed by atoms with Gasteiger partial charge in [0.1, 0.15) is 0 Å². The molecule has 25 heavy (non-hydrogen) atoms. The first-order valence-corrected chi connectivity index (χ1v) is 11.1. The molecule has 0 amide bonds. The molecule has 2 nitrogen and oxygen atoms in total. The minimum Gasteiger partial charge on any atom is -0.498 e. The van der Waals surface area contributed by atoms with E-state index in [1.165, 1.54) is 0 Å². The highest BCUT2D eigenvalue weighted by Crippen LogP contribution is 2.40. The molecule has 0 aliphatic carbocycles. The van der Waals surface area contributed by atoms with Crippen LogP contribution in [0.15, 0.2) is 73.0 Å². The molecular formula is C22H28O2Si. The lowest BCUT2D eigenvalue weighted by molar-refractivity contribution is 0.110. The Morgan fingerprint density at radius 3 is 2.04 bits per heavy atom. The van der Waals surface area contributed by atoms with Gasteiger partial charge in [0.05, 0.1) is 12.4 Å². The molecule has 132 valence electrons. The lowest BCUT2D eigenvalue weighted by Gasteiger charge is -2.42. The fourth-order valence-corrected chi connectivity index (χ4v) is 7.56. The second-order valence-electron chi connectivity index (χ2n) is 7.57. The van der Waals surface area contributed by atoms with Crippen molar-refractivity contribution >= 4 is 18.7 Å². The van der Waals surface area contributed by atoms with E-state index >= 15 is 0 Å². The Morgan fingerprint density at radius 1 is 1.00 bits per heavy atom. The predicted octanol–water partition coefficient (Wildman–Crippen LogP) is 3.99. The summed E-state index contributed by atoms with van der Waals surface area (Å²) in [7, 11) is -2.89. The predicted molar refractivity (Wildman–Crippen MR) is 107 cm³/mol. The normalized spacial score (nSPS) is 18.0. The van der Waals surface area contributed by atoms with Crippen LogP contribution in [-0.2, 0) is 4.74 Å². The highest BCUT2D eigenvalue weighted by atomic mass is 28.4. The summed E-state index contributed by atoms with van der Waals surface area (Å²) in [4.78, 5) is 12.1. The zero-order valence-corrected chi connectivity index (χ0v) is 16.2. The minimum absolute atomic E-state index is 0.194. The molecule has 1 unspecified atom stereocenters. The Bertz CT molecular complexity index is 655. The third-order valence-electron chi connectivity index (χ3n) is 5.48. The van der Waals surface area contributed by atoms with Gasteiger partial charge in [-0.25, -0.2) is 0 Å². The standard InChI is InChI=1S/C22H28O2Si/c1-22(2,17-16-19-11-9-10-18-24-19)25(23,20-12-5-3-6-13-20)21-14-7-4-8-15-21/h3-8,10,12-15,18-19,23H,9,11,16-17H2,1-2H3. The lowest BCUT2D eigenvalue weighted by atomic mass is 10.0. The molecule has 3 rings (SSSR count). The van der Waals surface area contributed by atoms with Gasteiger partial charge in [0.15, 0.2) is 0 Å². The van der Waals surface area contributed by atoms with Crippen LogP contribution in [0.4, 0.5) is 0 Å². The molecule has 1 aliphatic rings. The molecule has 0 bridgehead atoms. The summed E-state index contributed by atoms with van der Waals surface area (Å²) in [6.45, 7) is 4.44. The second kappa shape index (κ2) is 7.59. The molecule has 2 aromatic carbocycles. The lowest BCUT2D eigenvalue weighted by Crippen LogP contribution is -2.65. The van der Waals surface area contributed by atoms with Crippen molar-refractivity contribution in [2.45, 2.75) is 50.7 Å². The molecule has 0 spiro atoms. The minimum atomic E-state index is -2.89. The first-order valence-electron chi connectivity index (χ1n) is 9.18. The number of allylic oxidation sites excluding steroid dienone is 1. The number of ether oxygens (including phenoxy) is 1. The van der Waals surface area contributed by atoms with E-state index in [1.807, 2.05) is 42.7 Å². The summed E-state index contributed by atoms with van der Waals surface area (Å²) in [6, 6.07) is 20.5. The Kier molecular flexibility index (Phi) is 5.45. The number of hydrogen-bond acceptors (Lipinski definition) is 2. The van der Waals surface area contributed by atoms with E-state index in [-0.39, 0.29) is 11.1 Å². The van der Waals surface area contributed by atoms with Gasteiger partial charge in [-0.15, -0.1) is 0 Å². The van der Waals surface area contributed by atoms with Crippen LogP contribution < -0.4 is 10.4 Å². The maximum Gasteiger partial charge on any atom is 0.258 e. The van der Waals surface area contributed by atoms with E-state index in [2.05, 4.69) is 44.2 Å². The largest absolute Gasteiger partial charge is 0.498 e. The molecule has 0 aromatic heterocycles. The molecule has 1 aliphatic heterocycles. The third kappa shape index (κ3) is 3.73. The summed E-state index contributed by atoms with van der Waals surface area (Å²) in [5.74, 6) is 0. The fraction of sp³-hybridized carbons (Fsp3) is 0.364. The van der Waals surface area contributed by atoms with E-state index in [1.54, 1.807) is 0 Å². The van der Waals surface area contributed by atoms with Crippen LogP contribution in [0.3, 0.4) is 0 Å². The maximum atomic E-state index is 12.1. The van der Waals surface area contributed by atoms with Gasteiger partial charge in [-0.05, 0) is 47.2 Å². The van der Waals surface area contributed by atoms with Gasteiger partial charge in [0.25, 0.3) is 8.32 Å². The second-order valence-corrected chi connectivity index (χ2v) is 11.5. The van der Waals surface area contributed by atoms with Crippen molar-refractivity contribution in [1.82, 2.24) is 0 Å². The molecule has 0 fully saturated rings. The first-order chi connectivity index (χ1) is 12.0. The van der Waals surface area contributed by atoms with Crippen molar-refractivity contribution in [3.05, 3.63) is 73.0 Å². The number of hydrogen-bond donors (Lipinski definition) is 1. The zero-order valence-electron chi connectivity index (χ0n) is 15.2. The molecular weight excluding hydrogens is 324 g/mol. The van der Waals surface area contributed by atoms with Gasteiger partial charge in [-0.3, -0.25) is 0 Å². The number of benzene rings is 2. The van der Waals surface area contributed by atoms with Gasteiger partial charge < -0.3 is 9.53 Å². The molecule has 0 saturated heterocycles. The van der Waals surface area contributed by atoms with Crippen molar-refractivity contribution in [2.24, 2.45) is 0 Å². The van der Waals surface area contributed by atoms with E-state index in [9.17, 15) is 4.80 Å². The van der Waals surface area contributed by atoms with Crippen LogP contribution in [0.25, 0.3) is 0 Å². The topological polar surface area (TPSA) is 29.5 Å². The van der Waals surface area contributed by atoms with Crippen LogP contribution in [0, 0.1) is 0 Å². The van der Waals surface area contributed by atoms with Crippen LogP contribution in [0.2, 0.25) is 5.04 Å². The molecule has 0 radical (unpaired) electrons. The molecule has 2 aromatic rings. The molecule has 0 saturated carbocycles. The summed E-state index contributed by atoms with van der Waals surface area (Å²) in [5, 5.41) is 1.96. The Morgan fingerprint density at radius 2 is 1.56 bits per heavy atom. The molecule has 1 N–H and O–H groups in total. The van der Waals surface area contributed by atoms with Crippen molar-refractivity contribution in [2.75, 3.05) is 0 Å². The Hall–Kier alpha value is -1.84. The highest BCUT2D eigenvalue weighted by Gasteiger charge is 2.49. The van der Waals surface area contributed by atoms with E-state index < -0.39 is 8.32 Å². The summed E-state index contributed by atoms with van der Waals surface area (Å²) in [5.41, 5.74) is 0. The van der Waals surface area contributed by atoms with Crippen molar-refractivity contribution in [3.8, 4) is 0 Å². The average molecular weight is 353 g/mol. The van der Waals surface area contributed by atoms with Crippen LogP contribution in [0.1, 0.15) is 39.5 Å². The Labute approximate surface area is 152 Å². The van der Waals surface area contributed by atoms with Gasteiger partial charge in [-0.2, -0.15) is 0 Å². The van der Waals surface area contributed by atoms with Gasteiger partial charge in [0.2, 0.25) is 0 Å². The third-order valence-corrected chi connectivity index (χ3v) is 10.0. The Balaban J connectivity index is 1.91. The molecule has 1 heterocycles. The maximum absolute atomic E-state index is 12.1. The van der Waals surface area contributed by atoms with Crippen LogP contribution in [-0.4, -0.2) is 19.2 Å². The van der Waals surface area contributed by atoms with E-state index in [0.717, 1.165) is 36.1 Å². The monoisotopic (exact) mass is 352 g/mol. The summed E-state index contributed by atoms with van der Waals surface area (Å²) in [6.07, 6.45) is 8.27. The van der Waals surface area contributed by atoms with Gasteiger partial charge in [-0.1, -0.05) is 74.5 Å². The van der Waals surface area contributed by atoms with Crippen LogP contribution in [0.5, 0.6) is 0 Å². The van der Waals surface area contributed by atoms with Crippen molar-refractivity contribution < 1.29 is 9.53 Å². The molecule has 3 heteroatoms. The average Bonchev–Trinajstić information content (AvgIpc) is 2.68. The quantitative estimate of drug-likeness (QED) is 0.797. The summed E-state index contributed by atoms with van der Waals surface area (Å²) < 4.78 is 5.75. The molecule has 1 atom stereocenters. The van der Waals surface area contributed by atoms with Crippen molar-refractivity contribution in [3.63, 3.8) is 0 Å². The van der Waals surface area contributed by atoms with E-state index in [0.29, 0.717) is 0 Å². The van der Waals surface area contributed by atoms with Crippen LogP contribution >= 0.6 is 0 Å².